The lowest BCUT2D eigenvalue weighted by atomic mass is 10.1. The standard InChI is InChI=1S/C16H12F4O2/c1-3-4-11-12(17)14(19)16(15(20)13(11)18)22-10-7-5-9(21-2)6-8-10/h3-8H,1-2H3/b4-3+. The molecule has 0 aliphatic heterocycles. The van der Waals surface area contributed by atoms with Gasteiger partial charge in [-0.25, -0.2) is 8.78 Å². The molecule has 2 rings (SSSR count). The first kappa shape index (κ1) is 15.9. The zero-order valence-electron chi connectivity index (χ0n) is 11.8. The molecule has 0 radical (unpaired) electrons. The molecule has 22 heavy (non-hydrogen) atoms. The maximum absolute atomic E-state index is 13.9. The Kier molecular flexibility index (Phi) is 4.70. The Labute approximate surface area is 124 Å². The van der Waals surface area contributed by atoms with Crippen molar-refractivity contribution in [1.82, 2.24) is 0 Å². The molecule has 0 heterocycles. The number of allylic oxidation sites excluding steroid dienone is 1. The average Bonchev–Trinajstić information content (AvgIpc) is 2.54. The Hall–Kier alpha value is -2.50. The van der Waals surface area contributed by atoms with Crippen molar-refractivity contribution in [3.8, 4) is 17.2 Å². The zero-order valence-corrected chi connectivity index (χ0v) is 11.8. The predicted molar refractivity (Wildman–Crippen MR) is 74.1 cm³/mol. The van der Waals surface area contributed by atoms with Gasteiger partial charge in [-0.15, -0.1) is 0 Å². The molecule has 0 fully saturated rings. The van der Waals surface area contributed by atoms with Gasteiger partial charge in [-0.1, -0.05) is 12.2 Å². The number of ether oxygens (including phenoxy) is 2. The van der Waals surface area contributed by atoms with Crippen LogP contribution in [0.1, 0.15) is 12.5 Å². The van der Waals surface area contributed by atoms with E-state index in [1.54, 1.807) is 0 Å². The molecular weight excluding hydrogens is 300 g/mol. The molecule has 2 aromatic carbocycles. The largest absolute Gasteiger partial charge is 0.497 e. The van der Waals surface area contributed by atoms with E-state index in [0.717, 1.165) is 6.08 Å². The topological polar surface area (TPSA) is 18.5 Å². The van der Waals surface area contributed by atoms with E-state index in [1.165, 1.54) is 44.4 Å². The number of rotatable bonds is 4. The molecule has 0 N–H and O–H groups in total. The fourth-order valence-electron chi connectivity index (χ4n) is 1.79. The van der Waals surface area contributed by atoms with Gasteiger partial charge >= 0.3 is 0 Å². The SMILES string of the molecule is C/C=C/c1c(F)c(F)c(Oc2ccc(OC)cc2)c(F)c1F. The smallest absolute Gasteiger partial charge is 0.205 e. The van der Waals surface area contributed by atoms with Crippen LogP contribution in [0.4, 0.5) is 17.6 Å². The van der Waals surface area contributed by atoms with Gasteiger partial charge in [0.15, 0.2) is 11.6 Å². The Morgan fingerprint density at radius 3 is 1.77 bits per heavy atom. The van der Waals surface area contributed by atoms with E-state index in [4.69, 9.17) is 9.47 Å². The monoisotopic (exact) mass is 312 g/mol. The Morgan fingerprint density at radius 2 is 1.32 bits per heavy atom. The number of halogens is 4. The van der Waals surface area contributed by atoms with Crippen molar-refractivity contribution in [2.24, 2.45) is 0 Å². The molecule has 0 unspecified atom stereocenters. The van der Waals surface area contributed by atoms with E-state index in [-0.39, 0.29) is 5.75 Å². The minimum atomic E-state index is -1.59. The van der Waals surface area contributed by atoms with Crippen LogP contribution >= 0.6 is 0 Å². The van der Waals surface area contributed by atoms with Crippen molar-refractivity contribution in [2.45, 2.75) is 6.92 Å². The summed E-state index contributed by atoms with van der Waals surface area (Å²) >= 11 is 0. The predicted octanol–water partition coefficient (Wildman–Crippen LogP) is 5.08. The van der Waals surface area contributed by atoms with Crippen molar-refractivity contribution >= 4 is 6.08 Å². The summed E-state index contributed by atoms with van der Waals surface area (Å²) in [6.45, 7) is 1.47. The van der Waals surface area contributed by atoms with Gasteiger partial charge < -0.3 is 9.47 Å². The van der Waals surface area contributed by atoms with Crippen LogP contribution in [0.5, 0.6) is 17.2 Å². The molecular formula is C16H12F4O2. The van der Waals surface area contributed by atoms with Crippen molar-refractivity contribution in [3.05, 3.63) is 59.2 Å². The van der Waals surface area contributed by atoms with E-state index in [2.05, 4.69) is 0 Å². The van der Waals surface area contributed by atoms with Gasteiger partial charge in [-0.3, -0.25) is 0 Å². The lowest BCUT2D eigenvalue weighted by Crippen LogP contribution is -2.03. The highest BCUT2D eigenvalue weighted by Crippen LogP contribution is 2.34. The van der Waals surface area contributed by atoms with E-state index in [9.17, 15) is 17.6 Å². The van der Waals surface area contributed by atoms with E-state index in [0.29, 0.717) is 5.75 Å². The second kappa shape index (κ2) is 6.51. The zero-order chi connectivity index (χ0) is 16.3. The molecule has 0 amide bonds. The number of hydrogen-bond acceptors (Lipinski definition) is 2. The first-order valence-electron chi connectivity index (χ1n) is 6.30. The Balaban J connectivity index is 2.46. The van der Waals surface area contributed by atoms with Gasteiger partial charge in [0.05, 0.1) is 12.7 Å². The molecule has 2 aromatic rings. The molecule has 6 heteroatoms. The minimum Gasteiger partial charge on any atom is -0.497 e. The van der Waals surface area contributed by atoms with Crippen LogP contribution < -0.4 is 9.47 Å². The summed E-state index contributed by atoms with van der Waals surface area (Å²) in [5.41, 5.74) is -0.792. The van der Waals surface area contributed by atoms with Gasteiger partial charge in [0.25, 0.3) is 0 Å². The first-order valence-corrected chi connectivity index (χ1v) is 6.30. The highest BCUT2D eigenvalue weighted by Gasteiger charge is 2.25. The molecule has 0 saturated carbocycles. The number of hydrogen-bond donors (Lipinski definition) is 0. The average molecular weight is 312 g/mol. The van der Waals surface area contributed by atoms with Gasteiger partial charge in [-0.05, 0) is 31.2 Å². The van der Waals surface area contributed by atoms with Gasteiger partial charge in [0.1, 0.15) is 11.5 Å². The van der Waals surface area contributed by atoms with E-state index < -0.39 is 34.6 Å². The third kappa shape index (κ3) is 2.90. The molecule has 0 atom stereocenters. The molecule has 0 bridgehead atoms. The second-order valence-electron chi connectivity index (χ2n) is 4.28. The van der Waals surface area contributed by atoms with Crippen molar-refractivity contribution in [2.75, 3.05) is 7.11 Å². The number of methoxy groups -OCH3 is 1. The Bertz CT molecular complexity index is 680. The van der Waals surface area contributed by atoms with Crippen LogP contribution in [-0.2, 0) is 0 Å². The van der Waals surface area contributed by atoms with Crippen molar-refractivity contribution < 1.29 is 27.0 Å². The summed E-state index contributed by atoms with van der Waals surface area (Å²) in [6, 6.07) is 5.67. The van der Waals surface area contributed by atoms with E-state index >= 15 is 0 Å². The molecule has 0 aliphatic rings. The third-order valence-corrected chi connectivity index (χ3v) is 2.87. The van der Waals surface area contributed by atoms with Crippen LogP contribution in [0.25, 0.3) is 6.08 Å². The molecule has 0 aromatic heterocycles. The molecule has 0 spiro atoms. The fourth-order valence-corrected chi connectivity index (χ4v) is 1.79. The van der Waals surface area contributed by atoms with Crippen LogP contribution in [0.15, 0.2) is 30.3 Å². The lowest BCUT2D eigenvalue weighted by Gasteiger charge is -2.11. The fraction of sp³-hybridized carbons (Fsp3) is 0.125. The van der Waals surface area contributed by atoms with Gasteiger partial charge in [0, 0.05) is 0 Å². The van der Waals surface area contributed by atoms with E-state index in [1.807, 2.05) is 0 Å². The highest BCUT2D eigenvalue weighted by atomic mass is 19.2. The summed E-state index contributed by atoms with van der Waals surface area (Å²) in [4.78, 5) is 0. The van der Waals surface area contributed by atoms with Crippen LogP contribution in [0.2, 0.25) is 0 Å². The molecule has 2 nitrogen and oxygen atoms in total. The van der Waals surface area contributed by atoms with Crippen molar-refractivity contribution in [1.29, 1.82) is 0 Å². The summed E-state index contributed by atoms with van der Waals surface area (Å²) in [7, 11) is 1.44. The molecule has 116 valence electrons. The van der Waals surface area contributed by atoms with Crippen LogP contribution in [0, 0.1) is 23.3 Å². The minimum absolute atomic E-state index is 0.0104. The molecule has 0 saturated heterocycles. The summed E-state index contributed by atoms with van der Waals surface area (Å²) in [6.07, 6.45) is 2.21. The summed E-state index contributed by atoms with van der Waals surface area (Å²) in [5, 5.41) is 0. The highest BCUT2D eigenvalue weighted by molar-refractivity contribution is 5.54. The van der Waals surface area contributed by atoms with Crippen LogP contribution in [-0.4, -0.2) is 7.11 Å². The normalized spacial score (nSPS) is 11.0. The van der Waals surface area contributed by atoms with Crippen LogP contribution in [0.3, 0.4) is 0 Å². The Morgan fingerprint density at radius 1 is 0.818 bits per heavy atom. The summed E-state index contributed by atoms with van der Waals surface area (Å²) < 4.78 is 65.2. The maximum Gasteiger partial charge on any atom is 0.205 e. The summed E-state index contributed by atoms with van der Waals surface area (Å²) in [5.74, 6) is -6.84. The first-order chi connectivity index (χ1) is 10.5. The third-order valence-electron chi connectivity index (χ3n) is 2.87. The van der Waals surface area contributed by atoms with Crippen molar-refractivity contribution in [3.63, 3.8) is 0 Å². The molecule has 0 aliphatic carbocycles. The second-order valence-corrected chi connectivity index (χ2v) is 4.28. The van der Waals surface area contributed by atoms with Gasteiger partial charge in [0.2, 0.25) is 17.4 Å². The lowest BCUT2D eigenvalue weighted by molar-refractivity contribution is 0.364. The number of benzene rings is 2. The maximum atomic E-state index is 13.9. The quantitative estimate of drug-likeness (QED) is 0.579. The van der Waals surface area contributed by atoms with Gasteiger partial charge in [-0.2, -0.15) is 8.78 Å².